The molecule has 0 atom stereocenters. The van der Waals surface area contributed by atoms with Gasteiger partial charge in [0.2, 0.25) is 0 Å². The van der Waals surface area contributed by atoms with E-state index in [2.05, 4.69) is 28.0 Å². The summed E-state index contributed by atoms with van der Waals surface area (Å²) >= 11 is 3.59. The average molecular weight is 356 g/mol. The zero-order valence-electron chi connectivity index (χ0n) is 13.1. The van der Waals surface area contributed by atoms with Gasteiger partial charge in [-0.3, -0.25) is 9.48 Å². The van der Waals surface area contributed by atoms with E-state index in [0.29, 0.717) is 19.4 Å². The molecule has 5 heteroatoms. The van der Waals surface area contributed by atoms with Gasteiger partial charge in [0.1, 0.15) is 5.78 Å². The van der Waals surface area contributed by atoms with Crippen molar-refractivity contribution in [1.82, 2.24) is 9.78 Å². The maximum atomic E-state index is 12.5. The molecule has 0 aliphatic heterocycles. The van der Waals surface area contributed by atoms with Crippen LogP contribution in [-0.2, 0) is 24.7 Å². The van der Waals surface area contributed by atoms with Crippen LogP contribution in [0, 0.1) is 5.41 Å². The number of nitrogens with two attached hydrogens (primary N) is 1. The molecule has 0 bridgehead atoms. The summed E-state index contributed by atoms with van der Waals surface area (Å²) in [4.78, 5) is 12.5. The number of halogens is 1. The second kappa shape index (κ2) is 7.05. The molecule has 1 aromatic heterocycles. The number of aryl methyl sites for hydroxylation is 2. The smallest absolute Gasteiger partial charge is 0.139 e. The number of ketones is 1. The molecule has 0 unspecified atom stereocenters. The predicted molar refractivity (Wildman–Crippen MR) is 88.2 cm³/mol. The van der Waals surface area contributed by atoms with Crippen LogP contribution in [0.15, 0.2) is 4.47 Å². The van der Waals surface area contributed by atoms with E-state index in [1.54, 1.807) is 0 Å². The van der Waals surface area contributed by atoms with Crippen molar-refractivity contribution < 1.29 is 4.79 Å². The Labute approximate surface area is 135 Å². The van der Waals surface area contributed by atoms with Crippen LogP contribution in [-0.4, -0.2) is 22.1 Å². The zero-order chi connectivity index (χ0) is 15.5. The second-order valence-electron chi connectivity index (χ2n) is 6.34. The van der Waals surface area contributed by atoms with Crippen LogP contribution in [0.25, 0.3) is 0 Å². The highest BCUT2D eigenvalue weighted by Crippen LogP contribution is 2.39. The van der Waals surface area contributed by atoms with Gasteiger partial charge in [-0.25, -0.2) is 0 Å². The molecule has 0 aromatic carbocycles. The molecule has 1 aromatic rings. The standard InChI is InChI=1S/C16H26BrN3O/c1-3-13-15(17)14(20(2)19-13)9-12(21)10-16(11-18)7-5-4-6-8-16/h3-11,18H2,1-2H3. The molecule has 1 aliphatic rings. The number of hydrogen-bond acceptors (Lipinski definition) is 3. The van der Waals surface area contributed by atoms with Gasteiger partial charge in [0, 0.05) is 19.9 Å². The van der Waals surface area contributed by atoms with Crippen molar-refractivity contribution in [1.29, 1.82) is 0 Å². The molecule has 0 radical (unpaired) electrons. The molecular weight excluding hydrogens is 330 g/mol. The summed E-state index contributed by atoms with van der Waals surface area (Å²) in [6, 6.07) is 0. The van der Waals surface area contributed by atoms with Crippen LogP contribution >= 0.6 is 15.9 Å². The minimum absolute atomic E-state index is 0.0496. The molecule has 21 heavy (non-hydrogen) atoms. The zero-order valence-corrected chi connectivity index (χ0v) is 14.7. The van der Waals surface area contributed by atoms with Crippen LogP contribution in [0.5, 0.6) is 0 Å². The van der Waals surface area contributed by atoms with Gasteiger partial charge in [0.05, 0.1) is 15.9 Å². The maximum absolute atomic E-state index is 12.5. The first-order valence-electron chi connectivity index (χ1n) is 7.93. The lowest BCUT2D eigenvalue weighted by molar-refractivity contribution is -0.121. The summed E-state index contributed by atoms with van der Waals surface area (Å²) in [6.45, 7) is 2.70. The Morgan fingerprint density at radius 3 is 2.57 bits per heavy atom. The molecule has 2 rings (SSSR count). The molecule has 4 nitrogen and oxygen atoms in total. The minimum Gasteiger partial charge on any atom is -0.330 e. The molecule has 0 spiro atoms. The molecule has 1 saturated carbocycles. The molecule has 1 fully saturated rings. The van der Waals surface area contributed by atoms with Gasteiger partial charge in [0.25, 0.3) is 0 Å². The summed E-state index contributed by atoms with van der Waals surface area (Å²) < 4.78 is 2.82. The highest BCUT2D eigenvalue weighted by atomic mass is 79.9. The van der Waals surface area contributed by atoms with Gasteiger partial charge in [-0.2, -0.15) is 5.10 Å². The van der Waals surface area contributed by atoms with E-state index in [9.17, 15) is 4.79 Å². The average Bonchev–Trinajstić information content (AvgIpc) is 2.75. The summed E-state index contributed by atoms with van der Waals surface area (Å²) in [5, 5.41) is 4.46. The number of carbonyl (C=O) groups is 1. The summed E-state index contributed by atoms with van der Waals surface area (Å²) in [5.41, 5.74) is 8.04. The first-order chi connectivity index (χ1) is 10.0. The van der Waals surface area contributed by atoms with Crippen molar-refractivity contribution >= 4 is 21.7 Å². The lowest BCUT2D eigenvalue weighted by Crippen LogP contribution is -2.35. The molecular formula is C16H26BrN3O. The van der Waals surface area contributed by atoms with Gasteiger partial charge in [-0.15, -0.1) is 0 Å². The quantitative estimate of drug-likeness (QED) is 0.852. The number of aromatic nitrogens is 2. The number of carbonyl (C=O) groups excluding carboxylic acids is 1. The van der Waals surface area contributed by atoms with E-state index >= 15 is 0 Å². The van der Waals surface area contributed by atoms with E-state index in [0.717, 1.165) is 35.1 Å². The highest BCUT2D eigenvalue weighted by Gasteiger charge is 2.33. The summed E-state index contributed by atoms with van der Waals surface area (Å²) in [5.74, 6) is 0.286. The molecule has 2 N–H and O–H groups in total. The highest BCUT2D eigenvalue weighted by molar-refractivity contribution is 9.10. The Balaban J connectivity index is 2.06. The van der Waals surface area contributed by atoms with Crippen LogP contribution < -0.4 is 5.73 Å². The van der Waals surface area contributed by atoms with Crippen LogP contribution in [0.4, 0.5) is 0 Å². The molecule has 0 amide bonds. The van der Waals surface area contributed by atoms with E-state index < -0.39 is 0 Å². The van der Waals surface area contributed by atoms with Crippen molar-refractivity contribution in [3.05, 3.63) is 15.9 Å². The third kappa shape index (κ3) is 3.75. The maximum Gasteiger partial charge on any atom is 0.139 e. The Kier molecular flexibility index (Phi) is 5.60. The fourth-order valence-electron chi connectivity index (χ4n) is 3.43. The predicted octanol–water partition coefficient (Wildman–Crippen LogP) is 3.16. The van der Waals surface area contributed by atoms with Crippen molar-refractivity contribution in [2.75, 3.05) is 6.54 Å². The number of rotatable bonds is 6. The number of hydrogen-bond donors (Lipinski definition) is 1. The van der Waals surface area contributed by atoms with Crippen LogP contribution in [0.3, 0.4) is 0 Å². The Bertz CT molecular complexity index is 504. The monoisotopic (exact) mass is 355 g/mol. The van der Waals surface area contributed by atoms with Crippen molar-refractivity contribution in [3.63, 3.8) is 0 Å². The lowest BCUT2D eigenvalue weighted by Gasteiger charge is -2.35. The lowest BCUT2D eigenvalue weighted by atomic mass is 9.70. The van der Waals surface area contributed by atoms with Crippen LogP contribution in [0.2, 0.25) is 0 Å². The largest absolute Gasteiger partial charge is 0.330 e. The van der Waals surface area contributed by atoms with Gasteiger partial charge in [0.15, 0.2) is 0 Å². The normalized spacial score (nSPS) is 17.9. The first-order valence-corrected chi connectivity index (χ1v) is 8.72. The molecule has 1 heterocycles. The van der Waals surface area contributed by atoms with Gasteiger partial charge in [-0.05, 0) is 47.2 Å². The third-order valence-electron chi connectivity index (χ3n) is 4.79. The number of nitrogens with zero attached hydrogens (tertiary/aromatic N) is 2. The molecule has 0 saturated heterocycles. The van der Waals surface area contributed by atoms with Gasteiger partial charge >= 0.3 is 0 Å². The van der Waals surface area contributed by atoms with E-state index in [1.807, 2.05) is 11.7 Å². The Morgan fingerprint density at radius 2 is 2.05 bits per heavy atom. The van der Waals surface area contributed by atoms with E-state index in [4.69, 9.17) is 5.73 Å². The fourth-order valence-corrected chi connectivity index (χ4v) is 4.19. The minimum atomic E-state index is 0.0496. The van der Waals surface area contributed by atoms with Crippen molar-refractivity contribution in [3.8, 4) is 0 Å². The SMILES string of the molecule is CCc1nn(C)c(CC(=O)CC2(CN)CCCCC2)c1Br. The van der Waals surface area contributed by atoms with E-state index in [-0.39, 0.29) is 11.2 Å². The summed E-state index contributed by atoms with van der Waals surface area (Å²) in [6.07, 6.45) is 7.83. The van der Waals surface area contributed by atoms with E-state index in [1.165, 1.54) is 19.3 Å². The Hall–Kier alpha value is -0.680. The topological polar surface area (TPSA) is 60.9 Å². The van der Waals surface area contributed by atoms with Gasteiger partial charge in [-0.1, -0.05) is 26.2 Å². The molecule has 118 valence electrons. The summed E-state index contributed by atoms with van der Waals surface area (Å²) in [7, 11) is 1.91. The van der Waals surface area contributed by atoms with Gasteiger partial charge < -0.3 is 5.73 Å². The van der Waals surface area contributed by atoms with Crippen molar-refractivity contribution in [2.45, 2.75) is 58.3 Å². The van der Waals surface area contributed by atoms with Crippen molar-refractivity contribution in [2.24, 2.45) is 18.2 Å². The first kappa shape index (κ1) is 16.7. The third-order valence-corrected chi connectivity index (χ3v) is 5.70. The Morgan fingerprint density at radius 1 is 1.38 bits per heavy atom. The fraction of sp³-hybridized carbons (Fsp3) is 0.750. The van der Waals surface area contributed by atoms with Crippen LogP contribution in [0.1, 0.15) is 56.8 Å². The number of Topliss-reactive ketones (excluding diaryl/α,β-unsaturated/α-hetero) is 1. The molecule has 1 aliphatic carbocycles. The second-order valence-corrected chi connectivity index (χ2v) is 7.13.